The molecule has 4 rings (SSSR count). The van der Waals surface area contributed by atoms with Crippen LogP contribution in [0.25, 0.3) is 0 Å². The van der Waals surface area contributed by atoms with Gasteiger partial charge in [0.25, 0.3) is 5.91 Å². The molecule has 39 heavy (non-hydrogen) atoms. The summed E-state index contributed by atoms with van der Waals surface area (Å²) in [6.45, 7) is 0.102. The Labute approximate surface area is 223 Å². The molecule has 0 aliphatic carbocycles. The number of carbonyl (C=O) groups excluding carboxylic acids is 4. The van der Waals surface area contributed by atoms with Gasteiger partial charge in [-0.2, -0.15) is 0 Å². The van der Waals surface area contributed by atoms with Gasteiger partial charge in [-0.05, 0) is 42.0 Å². The number of ether oxygens (including phenoxy) is 4. The van der Waals surface area contributed by atoms with Gasteiger partial charge in [0.2, 0.25) is 0 Å². The van der Waals surface area contributed by atoms with Crippen LogP contribution in [0, 0.1) is 0 Å². The number of hydrogen-bond acceptors (Lipinski definition) is 8. The first-order valence-corrected chi connectivity index (χ1v) is 11.9. The molecule has 0 radical (unpaired) electrons. The molecule has 202 valence electrons. The lowest BCUT2D eigenvalue weighted by Crippen LogP contribution is -2.38. The van der Waals surface area contributed by atoms with Gasteiger partial charge in [-0.25, -0.2) is 9.59 Å². The van der Waals surface area contributed by atoms with Crippen LogP contribution in [0.4, 0.5) is 15.3 Å². The second-order valence-corrected chi connectivity index (χ2v) is 8.27. The number of rotatable bonds is 9. The molecule has 3 aromatic rings. The van der Waals surface area contributed by atoms with Crippen molar-refractivity contribution in [1.29, 1.82) is 0 Å². The Morgan fingerprint density at radius 3 is 2.38 bits per heavy atom. The smallest absolute Gasteiger partial charge is 0.325 e. The van der Waals surface area contributed by atoms with Crippen LogP contribution in [0.5, 0.6) is 23.0 Å². The van der Waals surface area contributed by atoms with Crippen molar-refractivity contribution in [2.24, 2.45) is 5.73 Å². The Bertz CT molecular complexity index is 1350. The first-order valence-electron chi connectivity index (χ1n) is 11.9. The molecule has 1 heterocycles. The summed E-state index contributed by atoms with van der Waals surface area (Å²) in [6.07, 6.45) is -0.325. The lowest BCUT2D eigenvalue weighted by atomic mass is 10.0. The van der Waals surface area contributed by atoms with Crippen LogP contribution in [0.3, 0.4) is 0 Å². The minimum atomic E-state index is -0.851. The third kappa shape index (κ3) is 8.12. The Kier molecular flexibility index (Phi) is 8.80. The zero-order chi connectivity index (χ0) is 27.6. The summed E-state index contributed by atoms with van der Waals surface area (Å²) in [5.41, 5.74) is 6.19. The van der Waals surface area contributed by atoms with Gasteiger partial charge in [-0.3, -0.25) is 14.9 Å². The first-order chi connectivity index (χ1) is 18.9. The van der Waals surface area contributed by atoms with Gasteiger partial charge in [0, 0.05) is 11.8 Å². The predicted molar refractivity (Wildman–Crippen MR) is 139 cm³/mol. The highest BCUT2D eigenvalue weighted by Gasteiger charge is 2.21. The van der Waals surface area contributed by atoms with Crippen molar-refractivity contribution in [3.8, 4) is 23.0 Å². The van der Waals surface area contributed by atoms with Crippen LogP contribution >= 0.6 is 0 Å². The van der Waals surface area contributed by atoms with Gasteiger partial charge in [0.1, 0.15) is 24.7 Å². The normalized spacial score (nSPS) is 12.4. The van der Waals surface area contributed by atoms with Gasteiger partial charge in [0.15, 0.2) is 18.1 Å². The summed E-state index contributed by atoms with van der Waals surface area (Å²) in [5, 5.41) is 7.04. The van der Waals surface area contributed by atoms with Gasteiger partial charge >= 0.3 is 18.0 Å². The number of anilines is 1. The molecule has 12 heteroatoms. The lowest BCUT2D eigenvalue weighted by Gasteiger charge is -2.19. The molecular weight excluding hydrogens is 508 g/mol. The fourth-order valence-corrected chi connectivity index (χ4v) is 3.66. The van der Waals surface area contributed by atoms with Gasteiger partial charge in [-0.15, -0.1) is 0 Å². The number of urea groups is 2. The van der Waals surface area contributed by atoms with Crippen molar-refractivity contribution in [1.82, 2.24) is 10.6 Å². The number of hydrogen-bond donors (Lipinski definition) is 4. The van der Waals surface area contributed by atoms with Crippen molar-refractivity contribution in [3.63, 3.8) is 0 Å². The number of carbonyl (C=O) groups is 4. The molecule has 1 atom stereocenters. The zero-order valence-electron chi connectivity index (χ0n) is 20.7. The fourth-order valence-electron chi connectivity index (χ4n) is 3.66. The van der Waals surface area contributed by atoms with E-state index in [1.807, 2.05) is 18.2 Å². The second-order valence-electron chi connectivity index (χ2n) is 8.27. The molecule has 3 aromatic carbocycles. The molecule has 0 aromatic heterocycles. The van der Waals surface area contributed by atoms with E-state index < -0.39 is 36.6 Å². The lowest BCUT2D eigenvalue weighted by molar-refractivity contribution is -0.148. The largest absolute Gasteiger partial charge is 0.486 e. The Balaban J connectivity index is 1.28. The van der Waals surface area contributed by atoms with E-state index in [0.717, 1.165) is 0 Å². The maximum absolute atomic E-state index is 12.5. The van der Waals surface area contributed by atoms with Crippen molar-refractivity contribution in [2.75, 3.05) is 25.1 Å². The molecule has 0 bridgehead atoms. The number of para-hydroxylation sites is 1. The Hall–Kier alpha value is -5.26. The molecule has 5 amide bonds. The molecule has 1 aliphatic rings. The highest BCUT2D eigenvalue weighted by molar-refractivity contribution is 6.02. The van der Waals surface area contributed by atoms with Gasteiger partial charge in [-0.1, -0.05) is 30.3 Å². The number of imide groups is 1. The number of primary amides is 1. The van der Waals surface area contributed by atoms with Crippen molar-refractivity contribution >= 4 is 29.6 Å². The summed E-state index contributed by atoms with van der Waals surface area (Å²) >= 11 is 0. The van der Waals surface area contributed by atoms with Crippen molar-refractivity contribution in [3.05, 3.63) is 78.4 Å². The average molecular weight is 535 g/mol. The van der Waals surface area contributed by atoms with Crippen LogP contribution in [-0.2, 0) is 14.3 Å². The number of esters is 1. The van der Waals surface area contributed by atoms with Gasteiger partial charge in [0.05, 0.1) is 12.5 Å². The summed E-state index contributed by atoms with van der Waals surface area (Å²) in [6, 6.07) is 18.1. The molecular formula is C27H26N4O8. The molecule has 12 nitrogen and oxygen atoms in total. The van der Waals surface area contributed by atoms with Crippen LogP contribution in [0.2, 0.25) is 0 Å². The monoisotopic (exact) mass is 534 g/mol. The zero-order valence-corrected chi connectivity index (χ0v) is 20.7. The van der Waals surface area contributed by atoms with Crippen molar-refractivity contribution < 1.29 is 38.1 Å². The standard InChI is InChI=1S/C27H26N4O8/c28-26(34)30-21(17-5-4-8-20(13-17)39-19-6-2-1-3-7-19)15-25(33)38-16-24(32)31-27(35)29-18-9-10-22-23(14-18)37-12-11-36-22/h1-10,13-14,21H,11-12,15-16H2,(H3,28,30,34)(H2,29,31,32,35)/t21-/m0/s1. The van der Waals surface area contributed by atoms with Crippen molar-refractivity contribution in [2.45, 2.75) is 12.5 Å². The van der Waals surface area contributed by atoms with E-state index in [1.54, 1.807) is 54.6 Å². The molecule has 0 saturated carbocycles. The van der Waals surface area contributed by atoms with Gasteiger partial charge < -0.3 is 35.3 Å². The van der Waals surface area contributed by atoms with Crippen LogP contribution < -0.4 is 35.9 Å². The maximum Gasteiger partial charge on any atom is 0.325 e. The number of nitrogens with one attached hydrogen (secondary N) is 3. The molecule has 1 aliphatic heterocycles. The van der Waals surface area contributed by atoms with E-state index in [9.17, 15) is 19.2 Å². The van der Waals surface area contributed by atoms with Crippen LogP contribution in [0.15, 0.2) is 72.8 Å². The van der Waals surface area contributed by atoms with E-state index in [4.69, 9.17) is 24.7 Å². The summed E-state index contributed by atoms with van der Waals surface area (Å²) < 4.78 is 21.7. The maximum atomic E-state index is 12.5. The molecule has 5 N–H and O–H groups in total. The van der Waals surface area contributed by atoms with Crippen LogP contribution in [-0.4, -0.2) is 43.8 Å². The van der Waals surface area contributed by atoms with Crippen LogP contribution in [0.1, 0.15) is 18.0 Å². The number of nitrogens with two attached hydrogens (primary N) is 1. The highest BCUT2D eigenvalue weighted by Crippen LogP contribution is 2.32. The molecule has 0 spiro atoms. The minimum absolute atomic E-state index is 0.325. The van der Waals surface area contributed by atoms with E-state index >= 15 is 0 Å². The fraction of sp³-hybridized carbons (Fsp3) is 0.185. The number of fused-ring (bicyclic) bond motifs is 1. The summed E-state index contributed by atoms with van der Waals surface area (Å²) in [4.78, 5) is 48.3. The third-order valence-corrected chi connectivity index (χ3v) is 5.34. The van der Waals surface area contributed by atoms with E-state index in [2.05, 4.69) is 16.0 Å². The third-order valence-electron chi connectivity index (χ3n) is 5.34. The summed E-state index contributed by atoms with van der Waals surface area (Å²) in [5.74, 6) is 0.455. The molecule has 0 unspecified atom stereocenters. The van der Waals surface area contributed by atoms with E-state index in [-0.39, 0.29) is 6.42 Å². The number of benzene rings is 3. The summed E-state index contributed by atoms with van der Waals surface area (Å²) in [7, 11) is 0. The second kappa shape index (κ2) is 12.8. The first kappa shape index (κ1) is 26.8. The van der Waals surface area contributed by atoms with E-state index in [0.29, 0.717) is 47.5 Å². The minimum Gasteiger partial charge on any atom is -0.486 e. The Morgan fingerprint density at radius 1 is 0.872 bits per heavy atom. The topological polar surface area (TPSA) is 167 Å². The highest BCUT2D eigenvalue weighted by atomic mass is 16.6. The SMILES string of the molecule is NC(=O)N[C@@H](CC(=O)OCC(=O)NC(=O)Nc1ccc2c(c1)OCCO2)c1cccc(Oc2ccccc2)c1. The molecule has 0 saturated heterocycles. The van der Waals surface area contributed by atoms with E-state index in [1.165, 1.54) is 0 Å². The Morgan fingerprint density at radius 2 is 1.62 bits per heavy atom. The molecule has 0 fully saturated rings. The average Bonchev–Trinajstić information content (AvgIpc) is 2.92. The quantitative estimate of drug-likeness (QED) is 0.304. The predicted octanol–water partition coefficient (Wildman–Crippen LogP) is 3.24. The number of amides is 5.